The van der Waals surface area contributed by atoms with Crippen LogP contribution in [-0.4, -0.2) is 4.57 Å². The molecule has 1 heterocycles. The number of hydrogen-bond acceptors (Lipinski definition) is 1. The predicted octanol–water partition coefficient (Wildman–Crippen LogP) is 15.5. The fraction of sp³-hybridized carbons (Fsp3) is 0. The highest BCUT2D eigenvalue weighted by Gasteiger charge is 2.26. The molecule has 2 nitrogen and oxygen atoms in total. The van der Waals surface area contributed by atoms with Gasteiger partial charge in [-0.3, -0.25) is 0 Å². The lowest BCUT2D eigenvalue weighted by atomic mass is 9.97. The van der Waals surface area contributed by atoms with E-state index in [4.69, 9.17) is 0 Å². The first-order chi connectivity index (χ1) is 28.8. The zero-order valence-corrected chi connectivity index (χ0v) is 31.7. The van der Waals surface area contributed by atoms with Crippen molar-refractivity contribution in [2.45, 2.75) is 0 Å². The summed E-state index contributed by atoms with van der Waals surface area (Å²) in [5, 5.41) is 7.77. The fourth-order valence-electron chi connectivity index (χ4n) is 9.47. The molecule has 11 aromatic rings. The van der Waals surface area contributed by atoms with Gasteiger partial charge in [0.25, 0.3) is 0 Å². The van der Waals surface area contributed by atoms with Crippen molar-refractivity contribution < 1.29 is 0 Å². The lowest BCUT2D eigenvalue weighted by Crippen LogP contribution is -2.09. The third-order valence-corrected chi connectivity index (χ3v) is 12.1. The minimum absolute atomic E-state index is 1.11. The summed E-state index contributed by atoms with van der Waals surface area (Å²) in [6.45, 7) is 0. The highest BCUT2D eigenvalue weighted by Crippen LogP contribution is 2.51. The standard InChI is InChI=1S/C56H36N2/c1-3-12-37(13-4-1)38-22-29-43(30-23-38)57(42-15-5-2-6-16-42)44-31-24-39(25-32-44)40-26-33-45(34-27-40)58-53-35-28-41-14-7-8-17-46(41)55(53)52-36-51-48-19-10-9-18-47(48)49-20-11-21-50(54(49)51)56(52)58/h1-36H. The number of aromatic nitrogens is 1. The van der Waals surface area contributed by atoms with Crippen LogP contribution >= 0.6 is 0 Å². The molecule has 12 rings (SSSR count). The monoisotopic (exact) mass is 736 g/mol. The SMILES string of the molecule is c1ccc(-c2ccc(N(c3ccccc3)c3ccc(-c4ccc(-n5c6ccc7ccccc7c6c6cc7c8c(cccc8c65)-c5ccccc5-7)cc4)cc3)cc2)cc1. The van der Waals surface area contributed by atoms with E-state index in [-0.39, 0.29) is 0 Å². The molecule has 58 heavy (non-hydrogen) atoms. The highest BCUT2D eigenvalue weighted by molar-refractivity contribution is 6.31. The van der Waals surface area contributed by atoms with Crippen LogP contribution in [0.5, 0.6) is 0 Å². The van der Waals surface area contributed by atoms with Crippen molar-refractivity contribution in [2.24, 2.45) is 0 Å². The number of benzene rings is 10. The van der Waals surface area contributed by atoms with Crippen LogP contribution in [0, 0.1) is 0 Å². The third kappa shape index (κ3) is 4.99. The van der Waals surface area contributed by atoms with Gasteiger partial charge in [0.15, 0.2) is 0 Å². The zero-order valence-electron chi connectivity index (χ0n) is 31.7. The Bertz CT molecular complexity index is 3340. The van der Waals surface area contributed by atoms with Crippen LogP contribution in [0.1, 0.15) is 0 Å². The molecule has 10 aromatic carbocycles. The summed E-state index contributed by atoms with van der Waals surface area (Å²) < 4.78 is 2.50. The Kier molecular flexibility index (Phi) is 7.26. The summed E-state index contributed by atoms with van der Waals surface area (Å²) in [6.07, 6.45) is 0. The molecule has 0 N–H and O–H groups in total. The molecule has 2 heteroatoms. The molecule has 0 spiro atoms. The highest BCUT2D eigenvalue weighted by atomic mass is 15.1. The van der Waals surface area contributed by atoms with Crippen LogP contribution in [0.2, 0.25) is 0 Å². The molecule has 0 saturated carbocycles. The molecule has 0 atom stereocenters. The van der Waals surface area contributed by atoms with Gasteiger partial charge in [0.1, 0.15) is 0 Å². The topological polar surface area (TPSA) is 8.17 Å². The molecular formula is C56H36N2. The molecule has 1 aliphatic rings. The molecule has 0 unspecified atom stereocenters. The Morgan fingerprint density at radius 1 is 0.310 bits per heavy atom. The molecule has 0 radical (unpaired) electrons. The summed E-state index contributed by atoms with van der Waals surface area (Å²) in [7, 11) is 0. The van der Waals surface area contributed by atoms with Gasteiger partial charge in [0, 0.05) is 38.9 Å². The van der Waals surface area contributed by atoms with Gasteiger partial charge in [0.05, 0.1) is 11.0 Å². The normalized spacial score (nSPS) is 11.8. The molecule has 1 aliphatic carbocycles. The quantitative estimate of drug-likeness (QED) is 0.165. The number of nitrogens with zero attached hydrogens (tertiary/aromatic N) is 2. The van der Waals surface area contributed by atoms with E-state index < -0.39 is 0 Å². The Balaban J connectivity index is 0.961. The predicted molar refractivity (Wildman–Crippen MR) is 246 cm³/mol. The minimum Gasteiger partial charge on any atom is -0.311 e. The van der Waals surface area contributed by atoms with Crippen LogP contribution in [0.3, 0.4) is 0 Å². The number of fused-ring (bicyclic) bond motifs is 9. The van der Waals surface area contributed by atoms with E-state index >= 15 is 0 Å². The zero-order chi connectivity index (χ0) is 38.2. The van der Waals surface area contributed by atoms with Crippen molar-refractivity contribution in [3.63, 3.8) is 0 Å². The van der Waals surface area contributed by atoms with Gasteiger partial charge in [-0.05, 0) is 121 Å². The number of hydrogen-bond donors (Lipinski definition) is 0. The molecule has 0 fully saturated rings. The van der Waals surface area contributed by atoms with Gasteiger partial charge in [-0.15, -0.1) is 0 Å². The molecule has 0 bridgehead atoms. The van der Waals surface area contributed by atoms with Gasteiger partial charge in [0.2, 0.25) is 0 Å². The molecule has 270 valence electrons. The number of anilines is 3. The van der Waals surface area contributed by atoms with Crippen molar-refractivity contribution in [1.29, 1.82) is 0 Å². The Morgan fingerprint density at radius 2 is 0.828 bits per heavy atom. The van der Waals surface area contributed by atoms with Crippen molar-refractivity contribution in [3.05, 3.63) is 218 Å². The summed E-state index contributed by atoms with van der Waals surface area (Å²) in [5.41, 5.74) is 17.1. The first-order valence-electron chi connectivity index (χ1n) is 20.0. The molecule has 0 aliphatic heterocycles. The van der Waals surface area contributed by atoms with Crippen molar-refractivity contribution in [1.82, 2.24) is 4.57 Å². The van der Waals surface area contributed by atoms with E-state index in [9.17, 15) is 0 Å². The van der Waals surface area contributed by atoms with E-state index in [0.29, 0.717) is 0 Å². The minimum atomic E-state index is 1.11. The Hall–Kier alpha value is -7.68. The summed E-state index contributed by atoms with van der Waals surface area (Å²) >= 11 is 0. The van der Waals surface area contributed by atoms with Crippen molar-refractivity contribution >= 4 is 60.4 Å². The number of rotatable bonds is 6. The molecule has 0 amide bonds. The summed E-state index contributed by atoms with van der Waals surface area (Å²) in [4.78, 5) is 2.32. The molecular weight excluding hydrogens is 701 g/mol. The second kappa shape index (κ2) is 12.9. The largest absolute Gasteiger partial charge is 0.311 e. The average molecular weight is 737 g/mol. The van der Waals surface area contributed by atoms with Crippen LogP contribution in [-0.2, 0) is 0 Å². The summed E-state index contributed by atoms with van der Waals surface area (Å²) in [5.74, 6) is 0. The Morgan fingerprint density at radius 3 is 1.52 bits per heavy atom. The lowest BCUT2D eigenvalue weighted by Gasteiger charge is -2.26. The van der Waals surface area contributed by atoms with Gasteiger partial charge >= 0.3 is 0 Å². The van der Waals surface area contributed by atoms with Gasteiger partial charge < -0.3 is 9.47 Å². The summed E-state index contributed by atoms with van der Waals surface area (Å²) in [6, 6.07) is 79.7. The van der Waals surface area contributed by atoms with E-state index in [1.54, 1.807) is 0 Å². The van der Waals surface area contributed by atoms with Crippen molar-refractivity contribution in [3.8, 4) is 50.2 Å². The Labute approximate surface area is 337 Å². The molecule has 0 saturated heterocycles. The smallest absolute Gasteiger partial charge is 0.0620 e. The lowest BCUT2D eigenvalue weighted by molar-refractivity contribution is 1.19. The van der Waals surface area contributed by atoms with E-state index in [1.165, 1.54) is 87.9 Å². The maximum atomic E-state index is 2.50. The second-order valence-electron chi connectivity index (χ2n) is 15.3. The van der Waals surface area contributed by atoms with Crippen LogP contribution in [0.15, 0.2) is 218 Å². The maximum Gasteiger partial charge on any atom is 0.0620 e. The average Bonchev–Trinajstić information content (AvgIpc) is 3.82. The van der Waals surface area contributed by atoms with E-state index in [0.717, 1.165) is 22.7 Å². The van der Waals surface area contributed by atoms with Crippen LogP contribution in [0.4, 0.5) is 17.1 Å². The van der Waals surface area contributed by atoms with E-state index in [2.05, 4.69) is 228 Å². The fourth-order valence-corrected chi connectivity index (χ4v) is 9.47. The van der Waals surface area contributed by atoms with Gasteiger partial charge in [-0.25, -0.2) is 0 Å². The first kappa shape index (κ1) is 32.6. The van der Waals surface area contributed by atoms with Crippen LogP contribution in [0.25, 0.3) is 93.5 Å². The van der Waals surface area contributed by atoms with Crippen LogP contribution < -0.4 is 4.90 Å². The number of para-hydroxylation sites is 1. The molecule has 1 aromatic heterocycles. The van der Waals surface area contributed by atoms with Crippen molar-refractivity contribution in [2.75, 3.05) is 4.90 Å². The third-order valence-electron chi connectivity index (χ3n) is 12.1. The second-order valence-corrected chi connectivity index (χ2v) is 15.3. The maximum absolute atomic E-state index is 2.50. The van der Waals surface area contributed by atoms with Gasteiger partial charge in [-0.2, -0.15) is 0 Å². The van der Waals surface area contributed by atoms with E-state index in [1.807, 2.05) is 0 Å². The van der Waals surface area contributed by atoms with Gasteiger partial charge in [-0.1, -0.05) is 158 Å². The first-order valence-corrected chi connectivity index (χ1v) is 20.0.